The van der Waals surface area contributed by atoms with E-state index in [1.807, 2.05) is 73.1 Å². The summed E-state index contributed by atoms with van der Waals surface area (Å²) in [5.41, 5.74) is 2.54. The molecule has 0 aliphatic heterocycles. The summed E-state index contributed by atoms with van der Waals surface area (Å²) < 4.78 is 18.4. The number of rotatable bonds is 10. The molecule has 7 heteroatoms. The number of ether oxygens (including phenoxy) is 3. The topological polar surface area (TPSA) is 62.6 Å². The first-order valence-corrected chi connectivity index (χ1v) is 11.0. The predicted octanol–water partition coefficient (Wildman–Crippen LogP) is 5.51. The first kappa shape index (κ1) is 23.8. The number of methoxy groups -OCH3 is 2. The van der Waals surface area contributed by atoms with Crippen LogP contribution in [0.1, 0.15) is 37.9 Å². The highest BCUT2D eigenvalue weighted by Crippen LogP contribution is 2.29. The molecule has 0 atom stereocenters. The Balaban J connectivity index is 1.96. The molecule has 0 unspecified atom stereocenters. The van der Waals surface area contributed by atoms with Crippen molar-refractivity contribution >= 4 is 17.6 Å². The van der Waals surface area contributed by atoms with Crippen molar-refractivity contribution in [1.82, 2.24) is 9.78 Å². The molecule has 32 heavy (non-hydrogen) atoms. The third-order valence-electron chi connectivity index (χ3n) is 5.67. The molecule has 3 aromatic rings. The average Bonchev–Trinajstić information content (AvgIpc) is 3.24. The van der Waals surface area contributed by atoms with Gasteiger partial charge in [-0.15, -0.1) is 0 Å². The van der Waals surface area contributed by atoms with Gasteiger partial charge in [-0.1, -0.05) is 55.8 Å². The fraction of sp³-hybridized carbons (Fsp3) is 0.360. The molecule has 170 valence electrons. The van der Waals surface area contributed by atoms with Crippen molar-refractivity contribution in [3.05, 3.63) is 70.9 Å². The standard InChI is InChI=1S/C25H29ClN2O4/c1-5-25(6-2,24(29)31-4)32-17-20-15-23(18-11-9-12-21(14-18)30-3)28(27-20)16-19-10-7-8-13-22(19)26/h7-15H,5-6,16-17H2,1-4H3. The third-order valence-corrected chi connectivity index (χ3v) is 6.04. The van der Waals surface area contributed by atoms with E-state index in [1.54, 1.807) is 7.11 Å². The molecule has 1 heterocycles. The second-order valence-electron chi connectivity index (χ2n) is 7.48. The van der Waals surface area contributed by atoms with Gasteiger partial charge >= 0.3 is 5.97 Å². The largest absolute Gasteiger partial charge is 0.497 e. The zero-order valence-corrected chi connectivity index (χ0v) is 19.7. The van der Waals surface area contributed by atoms with Crippen LogP contribution < -0.4 is 4.74 Å². The van der Waals surface area contributed by atoms with Crippen LogP contribution in [0.3, 0.4) is 0 Å². The van der Waals surface area contributed by atoms with E-state index in [0.717, 1.165) is 22.6 Å². The Morgan fingerprint density at radius 1 is 1.06 bits per heavy atom. The fourth-order valence-electron chi connectivity index (χ4n) is 3.66. The summed E-state index contributed by atoms with van der Waals surface area (Å²) in [6.45, 7) is 4.51. The molecule has 0 fully saturated rings. The molecule has 1 aromatic heterocycles. The monoisotopic (exact) mass is 456 g/mol. The van der Waals surface area contributed by atoms with Gasteiger partial charge in [0.25, 0.3) is 0 Å². The summed E-state index contributed by atoms with van der Waals surface area (Å²) in [5.74, 6) is 0.387. The van der Waals surface area contributed by atoms with E-state index in [4.69, 9.17) is 30.9 Å². The van der Waals surface area contributed by atoms with Gasteiger partial charge in [0.2, 0.25) is 0 Å². The highest BCUT2D eigenvalue weighted by Gasteiger charge is 2.37. The Morgan fingerprint density at radius 3 is 2.47 bits per heavy atom. The summed E-state index contributed by atoms with van der Waals surface area (Å²) in [4.78, 5) is 12.4. The van der Waals surface area contributed by atoms with E-state index in [2.05, 4.69) is 0 Å². The van der Waals surface area contributed by atoms with Crippen LogP contribution >= 0.6 is 11.6 Å². The molecule has 2 aromatic carbocycles. The van der Waals surface area contributed by atoms with Crippen molar-refractivity contribution in [1.29, 1.82) is 0 Å². The molecule has 6 nitrogen and oxygen atoms in total. The van der Waals surface area contributed by atoms with Gasteiger partial charge in [0, 0.05) is 10.6 Å². The minimum absolute atomic E-state index is 0.184. The molecule has 0 spiro atoms. The van der Waals surface area contributed by atoms with Crippen LogP contribution in [-0.2, 0) is 27.4 Å². The molecule has 0 aliphatic rings. The van der Waals surface area contributed by atoms with E-state index in [0.29, 0.717) is 30.1 Å². The molecule has 0 amide bonds. The second-order valence-corrected chi connectivity index (χ2v) is 7.89. The summed E-state index contributed by atoms with van der Waals surface area (Å²) >= 11 is 6.40. The fourth-order valence-corrected chi connectivity index (χ4v) is 3.86. The van der Waals surface area contributed by atoms with Crippen LogP contribution in [-0.4, -0.2) is 35.6 Å². The van der Waals surface area contributed by atoms with Gasteiger partial charge in [0.1, 0.15) is 5.75 Å². The van der Waals surface area contributed by atoms with Crippen LogP contribution in [0.15, 0.2) is 54.6 Å². The maximum Gasteiger partial charge on any atom is 0.338 e. The summed E-state index contributed by atoms with van der Waals surface area (Å²) in [5, 5.41) is 5.46. The molecule has 0 saturated carbocycles. The third kappa shape index (κ3) is 5.14. The van der Waals surface area contributed by atoms with Crippen molar-refractivity contribution in [2.24, 2.45) is 0 Å². The van der Waals surface area contributed by atoms with Crippen molar-refractivity contribution in [2.45, 2.75) is 45.4 Å². The first-order chi connectivity index (χ1) is 15.5. The Morgan fingerprint density at radius 2 is 1.81 bits per heavy atom. The van der Waals surface area contributed by atoms with Gasteiger partial charge in [0.15, 0.2) is 5.60 Å². The van der Waals surface area contributed by atoms with Gasteiger partial charge < -0.3 is 14.2 Å². The number of nitrogens with zero attached hydrogens (tertiary/aromatic N) is 2. The number of aromatic nitrogens is 2. The van der Waals surface area contributed by atoms with Crippen LogP contribution in [0, 0.1) is 0 Å². The number of benzene rings is 2. The quantitative estimate of drug-likeness (QED) is 0.376. The molecule has 3 rings (SSSR count). The van der Waals surface area contributed by atoms with E-state index < -0.39 is 5.60 Å². The van der Waals surface area contributed by atoms with Gasteiger partial charge in [-0.05, 0) is 42.7 Å². The van der Waals surface area contributed by atoms with Gasteiger partial charge in [-0.3, -0.25) is 4.68 Å². The molecule has 0 bridgehead atoms. The minimum atomic E-state index is -0.989. The normalized spacial score (nSPS) is 11.4. The number of esters is 1. The summed E-state index contributed by atoms with van der Waals surface area (Å²) in [7, 11) is 3.02. The SMILES string of the molecule is CCC(CC)(OCc1cc(-c2cccc(OC)c2)n(Cc2ccccc2Cl)n1)C(=O)OC. The van der Waals surface area contributed by atoms with Crippen molar-refractivity contribution in [3.8, 4) is 17.0 Å². The molecule has 0 N–H and O–H groups in total. The smallest absolute Gasteiger partial charge is 0.338 e. The molecule has 0 saturated heterocycles. The highest BCUT2D eigenvalue weighted by atomic mass is 35.5. The van der Waals surface area contributed by atoms with Gasteiger partial charge in [0.05, 0.1) is 38.8 Å². The molecule has 0 radical (unpaired) electrons. The Bertz CT molecular complexity index is 1060. The summed E-state index contributed by atoms with van der Waals surface area (Å²) in [6, 6.07) is 17.5. The zero-order chi connectivity index (χ0) is 23.1. The Labute approximate surface area is 194 Å². The van der Waals surface area contributed by atoms with Crippen molar-refractivity contribution < 1.29 is 19.0 Å². The molecular weight excluding hydrogens is 428 g/mol. The van der Waals surface area contributed by atoms with Crippen LogP contribution in [0.5, 0.6) is 5.75 Å². The lowest BCUT2D eigenvalue weighted by Crippen LogP contribution is -2.41. The number of hydrogen-bond acceptors (Lipinski definition) is 5. The van der Waals surface area contributed by atoms with E-state index in [1.165, 1.54) is 7.11 Å². The van der Waals surface area contributed by atoms with Crippen molar-refractivity contribution in [3.63, 3.8) is 0 Å². The lowest BCUT2D eigenvalue weighted by molar-refractivity contribution is -0.173. The number of carbonyl (C=O) groups excluding carboxylic acids is 1. The molecular formula is C25H29ClN2O4. The first-order valence-electron chi connectivity index (χ1n) is 10.6. The Kier molecular flexibility index (Phi) is 7.94. The van der Waals surface area contributed by atoms with E-state index in [-0.39, 0.29) is 12.6 Å². The number of halogens is 1. The van der Waals surface area contributed by atoms with Crippen molar-refractivity contribution in [2.75, 3.05) is 14.2 Å². The maximum absolute atomic E-state index is 12.4. The zero-order valence-electron chi connectivity index (χ0n) is 18.9. The van der Waals surface area contributed by atoms with Crippen LogP contribution in [0.4, 0.5) is 0 Å². The van der Waals surface area contributed by atoms with Crippen LogP contribution in [0.2, 0.25) is 5.02 Å². The number of hydrogen-bond donors (Lipinski definition) is 0. The van der Waals surface area contributed by atoms with E-state index in [9.17, 15) is 4.79 Å². The predicted molar refractivity (Wildman–Crippen MR) is 125 cm³/mol. The maximum atomic E-state index is 12.4. The lowest BCUT2D eigenvalue weighted by atomic mass is 9.97. The van der Waals surface area contributed by atoms with E-state index >= 15 is 0 Å². The summed E-state index contributed by atoms with van der Waals surface area (Å²) in [6.07, 6.45) is 1.03. The van der Waals surface area contributed by atoms with Crippen LogP contribution in [0.25, 0.3) is 11.3 Å². The minimum Gasteiger partial charge on any atom is -0.497 e. The lowest BCUT2D eigenvalue weighted by Gasteiger charge is -2.28. The second kappa shape index (κ2) is 10.7. The number of carbonyl (C=O) groups is 1. The highest BCUT2D eigenvalue weighted by molar-refractivity contribution is 6.31. The molecule has 0 aliphatic carbocycles. The average molecular weight is 457 g/mol. The van der Waals surface area contributed by atoms with Gasteiger partial charge in [-0.2, -0.15) is 5.10 Å². The van der Waals surface area contributed by atoms with Gasteiger partial charge in [-0.25, -0.2) is 4.79 Å². The Hall–Kier alpha value is -2.83.